The lowest BCUT2D eigenvalue weighted by molar-refractivity contribution is -0.113. The van der Waals surface area contributed by atoms with Crippen molar-refractivity contribution in [1.82, 2.24) is 4.98 Å². The minimum Gasteiger partial charge on any atom is -0.325 e. The molecule has 6 heteroatoms. The minimum atomic E-state index is -0.277. The number of amides is 2. The molecule has 0 bridgehead atoms. The van der Waals surface area contributed by atoms with Crippen molar-refractivity contribution in [3.05, 3.63) is 96.6 Å². The van der Waals surface area contributed by atoms with Crippen molar-refractivity contribution in [2.75, 3.05) is 16.4 Å². The number of para-hydroxylation sites is 3. The number of hydrogen-bond acceptors (Lipinski definition) is 4. The van der Waals surface area contributed by atoms with Crippen LogP contribution in [0.1, 0.15) is 10.4 Å². The molecule has 1 aromatic heterocycles. The largest absolute Gasteiger partial charge is 0.325 e. The highest BCUT2D eigenvalue weighted by molar-refractivity contribution is 7.99. The molecule has 2 amide bonds. The number of anilines is 2. The highest BCUT2D eigenvalue weighted by Crippen LogP contribution is 2.21. The van der Waals surface area contributed by atoms with Gasteiger partial charge >= 0.3 is 0 Å². The fourth-order valence-corrected chi connectivity index (χ4v) is 3.64. The number of carbonyl (C=O) groups is 2. The van der Waals surface area contributed by atoms with Crippen LogP contribution < -0.4 is 10.6 Å². The molecule has 3 aromatic carbocycles. The first kappa shape index (κ1) is 19.7. The summed E-state index contributed by atoms with van der Waals surface area (Å²) in [7, 11) is 0. The molecule has 0 aliphatic carbocycles. The van der Waals surface area contributed by atoms with Gasteiger partial charge < -0.3 is 10.6 Å². The van der Waals surface area contributed by atoms with Gasteiger partial charge in [0.2, 0.25) is 5.91 Å². The fraction of sp³-hybridized carbons (Fsp3) is 0.0417. The zero-order chi connectivity index (χ0) is 20.8. The summed E-state index contributed by atoms with van der Waals surface area (Å²) in [6.45, 7) is 0. The van der Waals surface area contributed by atoms with Gasteiger partial charge in [-0.25, -0.2) is 4.98 Å². The van der Waals surface area contributed by atoms with Gasteiger partial charge in [-0.05, 0) is 36.4 Å². The Morgan fingerprint density at radius 1 is 0.767 bits per heavy atom. The molecule has 0 saturated carbocycles. The number of fused-ring (bicyclic) bond motifs is 1. The Hall–Kier alpha value is -3.64. The second-order valence-corrected chi connectivity index (χ2v) is 7.54. The average molecular weight is 414 g/mol. The topological polar surface area (TPSA) is 71.1 Å². The number of carbonyl (C=O) groups excluding carboxylic acids is 2. The maximum absolute atomic E-state index is 12.6. The summed E-state index contributed by atoms with van der Waals surface area (Å²) in [5, 5.41) is 7.51. The monoisotopic (exact) mass is 413 g/mol. The molecule has 0 spiro atoms. The highest BCUT2D eigenvalue weighted by atomic mass is 32.2. The van der Waals surface area contributed by atoms with Crippen LogP contribution in [0.15, 0.2) is 96.0 Å². The summed E-state index contributed by atoms with van der Waals surface area (Å²) in [4.78, 5) is 29.7. The summed E-state index contributed by atoms with van der Waals surface area (Å²) in [5.41, 5.74) is 2.47. The number of aromatic nitrogens is 1. The van der Waals surface area contributed by atoms with Gasteiger partial charge in [-0.1, -0.05) is 66.4 Å². The SMILES string of the molecule is O=C(CSc1ccc2ccccc2n1)Nc1ccccc1C(=O)Nc1ccccc1. The van der Waals surface area contributed by atoms with E-state index in [4.69, 9.17) is 0 Å². The normalized spacial score (nSPS) is 10.5. The Bertz CT molecular complexity index is 1200. The van der Waals surface area contributed by atoms with Crippen LogP contribution in [0.5, 0.6) is 0 Å². The summed E-state index contributed by atoms with van der Waals surface area (Å²) in [5.74, 6) is -0.282. The molecule has 2 N–H and O–H groups in total. The van der Waals surface area contributed by atoms with Gasteiger partial charge in [-0.15, -0.1) is 0 Å². The third-order valence-electron chi connectivity index (χ3n) is 4.40. The summed E-state index contributed by atoms with van der Waals surface area (Å²) in [6.07, 6.45) is 0. The summed E-state index contributed by atoms with van der Waals surface area (Å²) in [6, 6.07) is 27.9. The van der Waals surface area contributed by atoms with E-state index in [1.54, 1.807) is 24.3 Å². The van der Waals surface area contributed by atoms with Crippen LogP contribution in [0.4, 0.5) is 11.4 Å². The van der Waals surface area contributed by atoms with Crippen molar-refractivity contribution in [1.29, 1.82) is 0 Å². The van der Waals surface area contributed by atoms with E-state index in [2.05, 4.69) is 15.6 Å². The van der Waals surface area contributed by atoms with Crippen LogP contribution in [0.25, 0.3) is 10.9 Å². The zero-order valence-electron chi connectivity index (χ0n) is 16.0. The van der Waals surface area contributed by atoms with Crippen LogP contribution in [0.2, 0.25) is 0 Å². The number of pyridine rings is 1. The predicted molar refractivity (Wildman–Crippen MR) is 122 cm³/mol. The molecule has 0 unspecified atom stereocenters. The van der Waals surface area contributed by atoms with E-state index in [1.807, 2.05) is 66.7 Å². The van der Waals surface area contributed by atoms with Gasteiger partial charge in [-0.2, -0.15) is 0 Å². The van der Waals surface area contributed by atoms with Gasteiger partial charge in [0.05, 0.1) is 27.5 Å². The zero-order valence-corrected chi connectivity index (χ0v) is 16.9. The second-order valence-electron chi connectivity index (χ2n) is 6.54. The van der Waals surface area contributed by atoms with Crippen LogP contribution >= 0.6 is 11.8 Å². The van der Waals surface area contributed by atoms with E-state index in [9.17, 15) is 9.59 Å². The Morgan fingerprint density at radius 2 is 1.50 bits per heavy atom. The molecule has 30 heavy (non-hydrogen) atoms. The first-order chi connectivity index (χ1) is 14.7. The van der Waals surface area contributed by atoms with Crippen molar-refractivity contribution >= 4 is 45.9 Å². The number of thioether (sulfide) groups is 1. The lowest BCUT2D eigenvalue weighted by atomic mass is 10.1. The molecule has 0 radical (unpaired) electrons. The van der Waals surface area contributed by atoms with E-state index in [0.717, 1.165) is 15.9 Å². The van der Waals surface area contributed by atoms with E-state index >= 15 is 0 Å². The molecule has 0 saturated heterocycles. The van der Waals surface area contributed by atoms with Crippen molar-refractivity contribution in [3.63, 3.8) is 0 Å². The molecular formula is C24H19N3O2S. The maximum atomic E-state index is 12.6. The predicted octanol–water partition coefficient (Wildman–Crippen LogP) is 5.22. The maximum Gasteiger partial charge on any atom is 0.257 e. The number of nitrogens with zero attached hydrogens (tertiary/aromatic N) is 1. The van der Waals surface area contributed by atoms with Crippen molar-refractivity contribution in [3.8, 4) is 0 Å². The first-order valence-corrected chi connectivity index (χ1v) is 10.4. The van der Waals surface area contributed by atoms with Crippen LogP contribution in [-0.2, 0) is 4.79 Å². The van der Waals surface area contributed by atoms with Crippen molar-refractivity contribution in [2.45, 2.75) is 5.03 Å². The summed E-state index contributed by atoms with van der Waals surface area (Å²) < 4.78 is 0. The van der Waals surface area contributed by atoms with Crippen molar-refractivity contribution in [2.24, 2.45) is 0 Å². The summed E-state index contributed by atoms with van der Waals surface area (Å²) >= 11 is 1.36. The molecule has 0 aliphatic heterocycles. The van der Waals surface area contributed by atoms with E-state index in [1.165, 1.54) is 11.8 Å². The second kappa shape index (κ2) is 9.24. The van der Waals surface area contributed by atoms with Crippen LogP contribution in [0.3, 0.4) is 0 Å². The van der Waals surface area contributed by atoms with Gasteiger partial charge in [-0.3, -0.25) is 9.59 Å². The fourth-order valence-electron chi connectivity index (χ4n) is 2.96. The molecule has 1 heterocycles. The number of rotatable bonds is 6. The standard InChI is InChI=1S/C24H19N3O2S/c28-22(16-30-23-15-14-17-8-4-6-12-20(17)27-23)26-21-13-7-5-11-19(21)24(29)25-18-9-2-1-3-10-18/h1-15H,16H2,(H,25,29)(H,26,28). The molecule has 0 atom stereocenters. The average Bonchev–Trinajstić information content (AvgIpc) is 2.78. The first-order valence-electron chi connectivity index (χ1n) is 9.43. The van der Waals surface area contributed by atoms with Gasteiger partial charge in [0.15, 0.2) is 0 Å². The third-order valence-corrected chi connectivity index (χ3v) is 5.33. The Kier molecular flexibility index (Phi) is 6.06. The lowest BCUT2D eigenvalue weighted by Crippen LogP contribution is -2.19. The quantitative estimate of drug-likeness (QED) is 0.425. The number of benzene rings is 3. The molecule has 0 aliphatic rings. The Labute approximate surface area is 178 Å². The van der Waals surface area contributed by atoms with Gasteiger partial charge in [0.25, 0.3) is 5.91 Å². The lowest BCUT2D eigenvalue weighted by Gasteiger charge is -2.11. The molecule has 148 valence electrons. The van der Waals surface area contributed by atoms with Crippen LogP contribution in [-0.4, -0.2) is 22.6 Å². The van der Waals surface area contributed by atoms with Crippen molar-refractivity contribution < 1.29 is 9.59 Å². The van der Waals surface area contributed by atoms with E-state index in [0.29, 0.717) is 16.9 Å². The minimum absolute atomic E-state index is 0.194. The number of hydrogen-bond donors (Lipinski definition) is 2. The molecule has 4 rings (SSSR count). The number of nitrogens with one attached hydrogen (secondary N) is 2. The van der Waals surface area contributed by atoms with Gasteiger partial charge in [0.1, 0.15) is 0 Å². The van der Waals surface area contributed by atoms with E-state index in [-0.39, 0.29) is 17.6 Å². The molecule has 4 aromatic rings. The molecule has 0 fully saturated rings. The Morgan fingerprint density at radius 3 is 2.37 bits per heavy atom. The van der Waals surface area contributed by atoms with Gasteiger partial charge in [0, 0.05) is 11.1 Å². The smallest absolute Gasteiger partial charge is 0.257 e. The van der Waals surface area contributed by atoms with E-state index < -0.39 is 0 Å². The Balaban J connectivity index is 1.41. The highest BCUT2D eigenvalue weighted by Gasteiger charge is 2.14. The molecular weight excluding hydrogens is 394 g/mol. The molecule has 5 nitrogen and oxygen atoms in total. The third kappa shape index (κ3) is 4.85. The van der Waals surface area contributed by atoms with Crippen LogP contribution in [0, 0.1) is 0 Å².